The molecule has 0 aromatic carbocycles. The minimum Gasteiger partial charge on any atom is -0.467 e. The first-order valence-electron chi connectivity index (χ1n) is 6.42. The number of hydrogen-bond donors (Lipinski definition) is 1. The molecule has 0 aromatic rings. The van der Waals surface area contributed by atoms with Crippen molar-refractivity contribution < 1.29 is 19.4 Å². The first kappa shape index (κ1) is 14.5. The smallest absolute Gasteiger partial charge is 0.339 e. The molecule has 0 spiro atoms. The topological polar surface area (TPSA) is 55.8 Å². The molecule has 0 aromatic heterocycles. The molecular formula is C13H24O4. The molecule has 17 heavy (non-hydrogen) atoms. The van der Waals surface area contributed by atoms with Crippen LogP contribution in [0.15, 0.2) is 0 Å². The van der Waals surface area contributed by atoms with Crippen molar-refractivity contribution in [2.24, 2.45) is 5.92 Å². The van der Waals surface area contributed by atoms with Gasteiger partial charge in [-0.15, -0.1) is 0 Å². The molecule has 1 fully saturated rings. The van der Waals surface area contributed by atoms with Gasteiger partial charge in [0.25, 0.3) is 0 Å². The molecule has 0 bridgehead atoms. The summed E-state index contributed by atoms with van der Waals surface area (Å²) < 4.78 is 10.2. The fourth-order valence-corrected chi connectivity index (χ4v) is 2.32. The lowest BCUT2D eigenvalue weighted by atomic mass is 9.85. The second-order valence-electron chi connectivity index (χ2n) is 5.14. The molecule has 4 nitrogen and oxygen atoms in total. The van der Waals surface area contributed by atoms with Gasteiger partial charge in [0.2, 0.25) is 0 Å². The summed E-state index contributed by atoms with van der Waals surface area (Å²) in [4.78, 5) is 11.3. The van der Waals surface area contributed by atoms with Crippen molar-refractivity contribution in [2.75, 3.05) is 13.7 Å². The van der Waals surface area contributed by atoms with Gasteiger partial charge in [-0.2, -0.15) is 0 Å². The Hall–Kier alpha value is -0.610. The summed E-state index contributed by atoms with van der Waals surface area (Å²) in [5.74, 6) is 0.0807. The van der Waals surface area contributed by atoms with Gasteiger partial charge < -0.3 is 14.6 Å². The molecule has 0 heterocycles. The molecule has 3 unspecified atom stereocenters. The van der Waals surface area contributed by atoms with Gasteiger partial charge in [-0.3, -0.25) is 0 Å². The van der Waals surface area contributed by atoms with E-state index in [0.29, 0.717) is 0 Å². The van der Waals surface area contributed by atoms with E-state index >= 15 is 0 Å². The van der Waals surface area contributed by atoms with E-state index in [2.05, 4.69) is 11.7 Å². The lowest BCUT2D eigenvalue weighted by Crippen LogP contribution is -2.42. The fourth-order valence-electron chi connectivity index (χ4n) is 2.32. The van der Waals surface area contributed by atoms with E-state index in [-0.39, 0.29) is 12.7 Å². The standard InChI is InChI=1S/C13H24O4/c1-4-10-6-5-7-11(8-10)17-9-13(2,15)12(14)16-3/h10-11,15H,4-9H2,1-3H3. The number of aliphatic hydroxyl groups is 1. The first-order valence-corrected chi connectivity index (χ1v) is 6.42. The summed E-state index contributed by atoms with van der Waals surface area (Å²) in [6.07, 6.45) is 5.84. The molecule has 0 amide bonds. The Morgan fingerprint density at radius 2 is 2.18 bits per heavy atom. The van der Waals surface area contributed by atoms with Crippen molar-refractivity contribution in [1.82, 2.24) is 0 Å². The monoisotopic (exact) mass is 244 g/mol. The number of carbonyl (C=O) groups is 1. The molecule has 1 saturated carbocycles. The van der Waals surface area contributed by atoms with Gasteiger partial charge in [0, 0.05) is 0 Å². The number of esters is 1. The molecule has 100 valence electrons. The lowest BCUT2D eigenvalue weighted by molar-refractivity contribution is -0.169. The highest BCUT2D eigenvalue weighted by Gasteiger charge is 2.33. The van der Waals surface area contributed by atoms with Gasteiger partial charge in [-0.05, 0) is 25.7 Å². The minimum absolute atomic E-state index is 0.0147. The Balaban J connectivity index is 2.37. The molecule has 0 aliphatic heterocycles. The number of methoxy groups -OCH3 is 1. The van der Waals surface area contributed by atoms with Crippen molar-refractivity contribution in [3.05, 3.63) is 0 Å². The molecule has 1 N–H and O–H groups in total. The third-order valence-corrected chi connectivity index (χ3v) is 3.54. The van der Waals surface area contributed by atoms with Crippen molar-refractivity contribution in [2.45, 2.75) is 57.7 Å². The fraction of sp³-hybridized carbons (Fsp3) is 0.923. The van der Waals surface area contributed by atoms with Crippen LogP contribution < -0.4 is 0 Å². The lowest BCUT2D eigenvalue weighted by Gasteiger charge is -2.30. The summed E-state index contributed by atoms with van der Waals surface area (Å²) in [6.45, 7) is 3.64. The largest absolute Gasteiger partial charge is 0.467 e. The average Bonchev–Trinajstić information content (AvgIpc) is 2.35. The Bertz CT molecular complexity index is 250. The Morgan fingerprint density at radius 3 is 2.76 bits per heavy atom. The molecule has 0 radical (unpaired) electrons. The summed E-state index contributed by atoms with van der Waals surface area (Å²) in [6, 6.07) is 0. The van der Waals surface area contributed by atoms with E-state index < -0.39 is 11.6 Å². The van der Waals surface area contributed by atoms with Crippen LogP contribution >= 0.6 is 0 Å². The summed E-state index contributed by atoms with van der Waals surface area (Å²) in [7, 11) is 1.27. The van der Waals surface area contributed by atoms with Crippen LogP contribution in [0, 0.1) is 5.92 Å². The first-order chi connectivity index (χ1) is 7.99. The second kappa shape index (κ2) is 6.36. The summed E-state index contributed by atoms with van der Waals surface area (Å²) in [5.41, 5.74) is -1.53. The number of ether oxygens (including phenoxy) is 2. The van der Waals surface area contributed by atoms with Crippen LogP contribution in [-0.2, 0) is 14.3 Å². The van der Waals surface area contributed by atoms with Crippen LogP contribution in [-0.4, -0.2) is 36.5 Å². The number of carbonyl (C=O) groups excluding carboxylic acids is 1. The number of hydrogen-bond acceptors (Lipinski definition) is 4. The maximum atomic E-state index is 11.3. The van der Waals surface area contributed by atoms with Crippen LogP contribution in [0.25, 0.3) is 0 Å². The van der Waals surface area contributed by atoms with Crippen molar-refractivity contribution in [3.63, 3.8) is 0 Å². The highest BCUT2D eigenvalue weighted by molar-refractivity contribution is 5.78. The maximum absolute atomic E-state index is 11.3. The van der Waals surface area contributed by atoms with E-state index in [4.69, 9.17) is 4.74 Å². The van der Waals surface area contributed by atoms with E-state index in [1.807, 2.05) is 0 Å². The van der Waals surface area contributed by atoms with E-state index in [0.717, 1.165) is 18.8 Å². The van der Waals surface area contributed by atoms with Gasteiger partial charge in [-0.1, -0.05) is 26.2 Å². The Morgan fingerprint density at radius 1 is 1.47 bits per heavy atom. The SMILES string of the molecule is CCC1CCCC(OCC(C)(O)C(=O)OC)C1. The molecule has 3 atom stereocenters. The van der Waals surface area contributed by atoms with Gasteiger partial charge >= 0.3 is 5.97 Å². The van der Waals surface area contributed by atoms with Crippen molar-refractivity contribution in [3.8, 4) is 0 Å². The van der Waals surface area contributed by atoms with Gasteiger partial charge in [0.05, 0.1) is 19.8 Å². The molecule has 4 heteroatoms. The summed E-state index contributed by atoms with van der Waals surface area (Å²) >= 11 is 0. The maximum Gasteiger partial charge on any atom is 0.339 e. The van der Waals surface area contributed by atoms with Crippen LogP contribution in [0.4, 0.5) is 0 Å². The van der Waals surface area contributed by atoms with Crippen molar-refractivity contribution in [1.29, 1.82) is 0 Å². The second-order valence-corrected chi connectivity index (χ2v) is 5.14. The minimum atomic E-state index is -1.53. The zero-order chi connectivity index (χ0) is 12.9. The van der Waals surface area contributed by atoms with Crippen LogP contribution in [0.5, 0.6) is 0 Å². The van der Waals surface area contributed by atoms with Crippen LogP contribution in [0.1, 0.15) is 46.0 Å². The Labute approximate surface area is 103 Å². The normalized spacial score (nSPS) is 28.5. The average molecular weight is 244 g/mol. The van der Waals surface area contributed by atoms with Gasteiger partial charge in [0.15, 0.2) is 5.60 Å². The predicted octanol–water partition coefficient (Wildman–Crippen LogP) is 1.90. The molecular weight excluding hydrogens is 220 g/mol. The highest BCUT2D eigenvalue weighted by Crippen LogP contribution is 2.28. The number of rotatable bonds is 5. The molecule has 1 aliphatic carbocycles. The third-order valence-electron chi connectivity index (χ3n) is 3.54. The van der Waals surface area contributed by atoms with E-state index in [1.165, 1.54) is 33.3 Å². The van der Waals surface area contributed by atoms with Crippen LogP contribution in [0.2, 0.25) is 0 Å². The zero-order valence-corrected chi connectivity index (χ0v) is 11.1. The summed E-state index contributed by atoms with van der Waals surface area (Å²) in [5, 5.41) is 9.84. The molecule has 1 rings (SSSR count). The molecule has 0 saturated heterocycles. The van der Waals surface area contributed by atoms with Gasteiger partial charge in [-0.25, -0.2) is 4.79 Å². The molecule has 1 aliphatic rings. The van der Waals surface area contributed by atoms with Crippen molar-refractivity contribution >= 4 is 5.97 Å². The van der Waals surface area contributed by atoms with E-state index in [9.17, 15) is 9.90 Å². The predicted molar refractivity (Wildman–Crippen MR) is 64.6 cm³/mol. The van der Waals surface area contributed by atoms with E-state index in [1.54, 1.807) is 0 Å². The zero-order valence-electron chi connectivity index (χ0n) is 11.1. The van der Waals surface area contributed by atoms with Crippen LogP contribution in [0.3, 0.4) is 0 Å². The quantitative estimate of drug-likeness (QED) is 0.750. The third kappa shape index (κ3) is 4.28. The highest BCUT2D eigenvalue weighted by atomic mass is 16.6. The van der Waals surface area contributed by atoms with Gasteiger partial charge in [0.1, 0.15) is 0 Å². The Kier molecular flexibility index (Phi) is 5.40.